The van der Waals surface area contributed by atoms with E-state index in [9.17, 15) is 4.79 Å². The average Bonchev–Trinajstić information content (AvgIpc) is 1.87. The standard InChI is InChI=1S/C7H6O3/c8-6-9-7(10-6)4-2-1-3-5-7/h2-3H,4-5H2. The largest absolute Gasteiger partial charge is 0.514 e. The lowest BCUT2D eigenvalue weighted by molar-refractivity contribution is -0.267. The van der Waals surface area contributed by atoms with E-state index >= 15 is 0 Å². The quantitative estimate of drug-likeness (QED) is 0.374. The van der Waals surface area contributed by atoms with E-state index in [4.69, 9.17) is 9.47 Å². The van der Waals surface area contributed by atoms with Gasteiger partial charge >= 0.3 is 6.16 Å². The highest BCUT2D eigenvalue weighted by Gasteiger charge is 2.47. The molecule has 1 heterocycles. The number of carbonyl (C=O) groups is 1. The van der Waals surface area contributed by atoms with E-state index in [2.05, 4.69) is 5.73 Å². The van der Waals surface area contributed by atoms with Gasteiger partial charge in [0.25, 0.3) is 5.79 Å². The van der Waals surface area contributed by atoms with Gasteiger partial charge in [-0.3, -0.25) is 0 Å². The Morgan fingerprint density at radius 1 is 1.40 bits per heavy atom. The number of hydrogen-bond acceptors (Lipinski definition) is 3. The van der Waals surface area contributed by atoms with Gasteiger partial charge in [-0.25, -0.2) is 4.79 Å². The number of ether oxygens (including phenoxy) is 2. The van der Waals surface area contributed by atoms with Crippen LogP contribution in [-0.2, 0) is 9.47 Å². The van der Waals surface area contributed by atoms with Gasteiger partial charge in [0.2, 0.25) is 0 Å². The van der Waals surface area contributed by atoms with Crippen LogP contribution < -0.4 is 0 Å². The lowest BCUT2D eigenvalue weighted by atomic mass is 10.0. The van der Waals surface area contributed by atoms with Crippen molar-refractivity contribution in [1.82, 2.24) is 0 Å². The Morgan fingerprint density at radius 3 is 2.50 bits per heavy atom. The van der Waals surface area contributed by atoms with Gasteiger partial charge in [-0.05, 0) is 12.2 Å². The van der Waals surface area contributed by atoms with Crippen LogP contribution in [0.3, 0.4) is 0 Å². The summed E-state index contributed by atoms with van der Waals surface area (Å²) >= 11 is 0. The maximum Gasteiger partial charge on any atom is 0.514 e. The molecule has 52 valence electrons. The fraction of sp³-hybridized carbons (Fsp3) is 0.429. The normalized spacial score (nSPS) is 25.4. The van der Waals surface area contributed by atoms with Crippen molar-refractivity contribution < 1.29 is 14.3 Å². The number of hydrogen-bond donors (Lipinski definition) is 0. The zero-order valence-corrected chi connectivity index (χ0v) is 5.29. The summed E-state index contributed by atoms with van der Waals surface area (Å²) in [6, 6.07) is 0. The van der Waals surface area contributed by atoms with Crippen LogP contribution in [0.1, 0.15) is 12.8 Å². The summed E-state index contributed by atoms with van der Waals surface area (Å²) in [7, 11) is 0. The third-order valence-corrected chi connectivity index (χ3v) is 1.60. The van der Waals surface area contributed by atoms with Crippen molar-refractivity contribution in [1.29, 1.82) is 0 Å². The molecule has 0 radical (unpaired) electrons. The molecule has 1 aliphatic heterocycles. The van der Waals surface area contributed by atoms with Crippen LogP contribution >= 0.6 is 0 Å². The van der Waals surface area contributed by atoms with Gasteiger partial charge < -0.3 is 9.47 Å². The van der Waals surface area contributed by atoms with Crippen molar-refractivity contribution in [2.75, 3.05) is 0 Å². The highest BCUT2D eigenvalue weighted by Crippen LogP contribution is 2.34. The van der Waals surface area contributed by atoms with Crippen molar-refractivity contribution in [3.63, 3.8) is 0 Å². The maximum atomic E-state index is 10.3. The fourth-order valence-electron chi connectivity index (χ4n) is 1.07. The molecule has 0 atom stereocenters. The summed E-state index contributed by atoms with van der Waals surface area (Å²) in [6.07, 6.45) is 4.28. The van der Waals surface area contributed by atoms with E-state index in [-0.39, 0.29) is 0 Å². The first-order valence-corrected chi connectivity index (χ1v) is 3.12. The summed E-state index contributed by atoms with van der Waals surface area (Å²) in [5.41, 5.74) is 2.90. The molecular formula is C7H6O3. The first kappa shape index (κ1) is 5.57. The smallest absolute Gasteiger partial charge is 0.390 e. The molecule has 2 aliphatic rings. The molecule has 0 amide bonds. The van der Waals surface area contributed by atoms with E-state index in [1.165, 1.54) is 0 Å². The predicted molar refractivity (Wildman–Crippen MR) is 32.2 cm³/mol. The molecule has 1 saturated heterocycles. The number of carbonyl (C=O) groups excluding carboxylic acids is 1. The second kappa shape index (κ2) is 1.64. The van der Waals surface area contributed by atoms with Crippen LogP contribution in [0.4, 0.5) is 4.79 Å². The summed E-state index contributed by atoms with van der Waals surface area (Å²) in [5.74, 6) is -0.650. The molecule has 2 rings (SSSR count). The fourth-order valence-corrected chi connectivity index (χ4v) is 1.07. The Morgan fingerprint density at radius 2 is 2.00 bits per heavy atom. The summed E-state index contributed by atoms with van der Waals surface area (Å²) < 4.78 is 9.61. The van der Waals surface area contributed by atoms with Crippen molar-refractivity contribution in [3.8, 4) is 0 Å². The van der Waals surface area contributed by atoms with Gasteiger partial charge in [-0.15, -0.1) is 5.73 Å². The first-order valence-electron chi connectivity index (χ1n) is 3.12. The van der Waals surface area contributed by atoms with Gasteiger partial charge in [-0.1, -0.05) is 0 Å². The van der Waals surface area contributed by atoms with Crippen LogP contribution in [0.15, 0.2) is 17.9 Å². The number of rotatable bonds is 0. The molecule has 3 nitrogen and oxygen atoms in total. The molecule has 3 heteroatoms. The monoisotopic (exact) mass is 138 g/mol. The molecular weight excluding hydrogens is 132 g/mol. The topological polar surface area (TPSA) is 35.5 Å². The minimum atomic E-state index is -0.650. The molecule has 1 spiro atoms. The van der Waals surface area contributed by atoms with Gasteiger partial charge in [0, 0.05) is 0 Å². The SMILES string of the molecule is O=C1OC2(CC=C=CC2)O1. The Labute approximate surface area is 57.9 Å². The third-order valence-electron chi connectivity index (χ3n) is 1.60. The Bertz CT molecular complexity index is 215. The molecule has 0 aromatic carbocycles. The second-order valence-electron chi connectivity index (χ2n) is 2.35. The molecule has 0 N–H and O–H groups in total. The summed E-state index contributed by atoms with van der Waals surface area (Å²) in [4.78, 5) is 10.3. The first-order chi connectivity index (χ1) is 4.81. The molecule has 1 aliphatic carbocycles. The molecule has 1 fully saturated rings. The molecule has 0 aromatic heterocycles. The van der Waals surface area contributed by atoms with Crippen LogP contribution in [0.5, 0.6) is 0 Å². The van der Waals surface area contributed by atoms with Crippen molar-refractivity contribution in [3.05, 3.63) is 17.9 Å². The molecule has 10 heavy (non-hydrogen) atoms. The second-order valence-corrected chi connectivity index (χ2v) is 2.35. The predicted octanol–water partition coefficient (Wildman–Crippen LogP) is 1.35. The van der Waals surface area contributed by atoms with E-state index in [1.807, 2.05) is 0 Å². The zero-order valence-electron chi connectivity index (χ0n) is 5.29. The lowest BCUT2D eigenvalue weighted by Crippen LogP contribution is -2.49. The minimum absolute atomic E-state index is 0.566. The third kappa shape index (κ3) is 0.645. The molecule has 0 aromatic rings. The van der Waals surface area contributed by atoms with Gasteiger partial charge in [0.15, 0.2) is 0 Å². The van der Waals surface area contributed by atoms with E-state index in [0.717, 1.165) is 0 Å². The maximum absolute atomic E-state index is 10.3. The lowest BCUT2D eigenvalue weighted by Gasteiger charge is -2.38. The Kier molecular flexibility index (Phi) is 0.914. The van der Waals surface area contributed by atoms with E-state index in [1.54, 1.807) is 12.2 Å². The highest BCUT2D eigenvalue weighted by molar-refractivity contribution is 5.65. The highest BCUT2D eigenvalue weighted by atomic mass is 16.9. The average molecular weight is 138 g/mol. The zero-order chi connectivity index (χ0) is 7.03. The van der Waals surface area contributed by atoms with Crippen LogP contribution in [0.2, 0.25) is 0 Å². The Balaban J connectivity index is 2.09. The van der Waals surface area contributed by atoms with Crippen LogP contribution in [0, 0.1) is 0 Å². The van der Waals surface area contributed by atoms with Crippen LogP contribution in [0.25, 0.3) is 0 Å². The van der Waals surface area contributed by atoms with E-state index < -0.39 is 11.9 Å². The summed E-state index contributed by atoms with van der Waals surface area (Å²) in [5, 5.41) is 0. The van der Waals surface area contributed by atoms with Crippen molar-refractivity contribution in [2.24, 2.45) is 0 Å². The molecule has 0 bridgehead atoms. The molecule has 0 unspecified atom stereocenters. The van der Waals surface area contributed by atoms with Crippen molar-refractivity contribution in [2.45, 2.75) is 18.6 Å². The van der Waals surface area contributed by atoms with E-state index in [0.29, 0.717) is 12.8 Å². The van der Waals surface area contributed by atoms with Crippen LogP contribution in [-0.4, -0.2) is 11.9 Å². The Hall–Kier alpha value is -1.21. The van der Waals surface area contributed by atoms with Gasteiger partial charge in [0.1, 0.15) is 0 Å². The van der Waals surface area contributed by atoms with Crippen molar-refractivity contribution >= 4 is 6.16 Å². The summed E-state index contributed by atoms with van der Waals surface area (Å²) in [6.45, 7) is 0. The van der Waals surface area contributed by atoms with Gasteiger partial charge in [-0.2, -0.15) is 0 Å². The minimum Gasteiger partial charge on any atom is -0.390 e. The van der Waals surface area contributed by atoms with Gasteiger partial charge in [0.05, 0.1) is 12.8 Å². The molecule has 0 saturated carbocycles.